The van der Waals surface area contributed by atoms with Crippen LogP contribution in [0.25, 0.3) is 0 Å². The zero-order valence-electron chi connectivity index (χ0n) is 20.0. The van der Waals surface area contributed by atoms with Gasteiger partial charge in [0.1, 0.15) is 5.75 Å². The molecule has 0 saturated heterocycles. The van der Waals surface area contributed by atoms with Crippen molar-refractivity contribution in [1.29, 1.82) is 0 Å². The third kappa shape index (κ3) is 5.14. The molecule has 1 N–H and O–H groups in total. The van der Waals surface area contributed by atoms with E-state index < -0.39 is 0 Å². The number of phenols is 1. The van der Waals surface area contributed by atoms with E-state index >= 15 is 0 Å². The molecule has 0 fully saturated rings. The van der Waals surface area contributed by atoms with Crippen LogP contribution in [0.2, 0.25) is 0 Å². The van der Waals surface area contributed by atoms with Crippen molar-refractivity contribution in [3.05, 3.63) is 64.7 Å². The maximum absolute atomic E-state index is 13.6. The van der Waals surface area contributed by atoms with Crippen LogP contribution < -0.4 is 0 Å². The van der Waals surface area contributed by atoms with Crippen LogP contribution in [0.3, 0.4) is 0 Å². The molecule has 0 bridgehead atoms. The Hall–Kier alpha value is -2.82. The summed E-state index contributed by atoms with van der Waals surface area (Å²) in [5.41, 5.74) is 3.14. The Morgan fingerprint density at radius 2 is 1.75 bits per heavy atom. The van der Waals surface area contributed by atoms with Crippen molar-refractivity contribution in [2.24, 2.45) is 5.41 Å². The van der Waals surface area contributed by atoms with Crippen LogP contribution in [0.15, 0.2) is 42.5 Å². The molecule has 2 aromatic carbocycles. The molecular weight excluding hydrogens is 400 g/mol. The van der Waals surface area contributed by atoms with Gasteiger partial charge in [-0.15, -0.1) is 0 Å². The van der Waals surface area contributed by atoms with Crippen LogP contribution in [0, 0.1) is 5.41 Å². The molecule has 0 saturated carbocycles. The van der Waals surface area contributed by atoms with E-state index in [0.29, 0.717) is 36.4 Å². The van der Waals surface area contributed by atoms with Gasteiger partial charge in [0.2, 0.25) is 0 Å². The highest BCUT2D eigenvalue weighted by Gasteiger charge is 2.36. The number of amides is 2. The van der Waals surface area contributed by atoms with Crippen molar-refractivity contribution in [3.63, 3.8) is 0 Å². The van der Waals surface area contributed by atoms with E-state index in [-0.39, 0.29) is 23.3 Å². The molecule has 2 amide bonds. The Morgan fingerprint density at radius 1 is 1.09 bits per heavy atom. The van der Waals surface area contributed by atoms with Crippen molar-refractivity contribution in [2.75, 3.05) is 20.1 Å². The first kappa shape index (κ1) is 23.8. The number of nitrogens with zero attached hydrogens (tertiary/aromatic N) is 2. The third-order valence-corrected chi connectivity index (χ3v) is 6.41. The first-order valence-corrected chi connectivity index (χ1v) is 11.6. The number of carbonyl (C=O) groups is 2. The van der Waals surface area contributed by atoms with Gasteiger partial charge in [-0.05, 0) is 72.6 Å². The SMILES string of the molecule is CCCN(C)C(=O)c1ccc(C(=O)N2CCCc3cccc(O)c3C[C@@H]2C(C)(C)C)cc1. The standard InChI is InChI=1S/C27H36N2O3/c1-6-16-28(5)25(31)20-12-14-21(15-13-20)26(32)29-17-8-10-19-9-7-11-23(30)22(19)18-24(29)27(2,3)4/h7,9,11-15,24,30H,6,8,10,16-18H2,1-5H3/t24-/m1/s1. The van der Waals surface area contributed by atoms with Gasteiger partial charge in [0, 0.05) is 37.3 Å². The van der Waals surface area contributed by atoms with E-state index in [9.17, 15) is 14.7 Å². The summed E-state index contributed by atoms with van der Waals surface area (Å²) in [5.74, 6) is 0.256. The van der Waals surface area contributed by atoms with Gasteiger partial charge in [-0.1, -0.05) is 39.8 Å². The highest BCUT2D eigenvalue weighted by Crippen LogP contribution is 2.35. The molecule has 0 spiro atoms. The first-order valence-electron chi connectivity index (χ1n) is 11.6. The smallest absolute Gasteiger partial charge is 0.254 e. The van der Waals surface area contributed by atoms with Crippen LogP contribution in [-0.4, -0.2) is 52.9 Å². The number of benzene rings is 2. The maximum Gasteiger partial charge on any atom is 0.254 e. The molecule has 0 unspecified atom stereocenters. The van der Waals surface area contributed by atoms with Crippen LogP contribution >= 0.6 is 0 Å². The van der Waals surface area contributed by atoms with Gasteiger partial charge in [-0.3, -0.25) is 9.59 Å². The number of aromatic hydroxyl groups is 1. The first-order chi connectivity index (χ1) is 15.1. The highest BCUT2D eigenvalue weighted by atomic mass is 16.3. The van der Waals surface area contributed by atoms with E-state index in [2.05, 4.69) is 26.8 Å². The second kappa shape index (κ2) is 9.76. The zero-order valence-corrected chi connectivity index (χ0v) is 20.0. The summed E-state index contributed by atoms with van der Waals surface area (Å²) in [7, 11) is 1.80. The molecule has 0 aromatic heterocycles. The van der Waals surface area contributed by atoms with Crippen LogP contribution in [0.5, 0.6) is 5.75 Å². The van der Waals surface area contributed by atoms with Crippen LogP contribution in [0.1, 0.15) is 72.4 Å². The van der Waals surface area contributed by atoms with Crippen molar-refractivity contribution in [1.82, 2.24) is 9.80 Å². The number of phenolic OH excluding ortho intramolecular Hbond substituents is 1. The molecule has 5 heteroatoms. The van der Waals surface area contributed by atoms with E-state index in [1.54, 1.807) is 42.3 Å². The monoisotopic (exact) mass is 436 g/mol. The Morgan fingerprint density at radius 3 is 2.38 bits per heavy atom. The summed E-state index contributed by atoms with van der Waals surface area (Å²) < 4.78 is 0. The van der Waals surface area contributed by atoms with Crippen molar-refractivity contribution >= 4 is 11.8 Å². The molecule has 0 aliphatic carbocycles. The second-order valence-corrected chi connectivity index (χ2v) is 9.91. The predicted molar refractivity (Wildman–Crippen MR) is 128 cm³/mol. The number of rotatable bonds is 4. The Bertz CT molecular complexity index is 960. The minimum absolute atomic E-state index is 0.0234. The normalized spacial score (nSPS) is 16.7. The minimum Gasteiger partial charge on any atom is -0.508 e. The summed E-state index contributed by atoms with van der Waals surface area (Å²) in [6.07, 6.45) is 3.20. The Kier molecular flexibility index (Phi) is 7.27. The lowest BCUT2D eigenvalue weighted by Gasteiger charge is -2.42. The van der Waals surface area contributed by atoms with Crippen molar-refractivity contribution in [3.8, 4) is 5.75 Å². The second-order valence-electron chi connectivity index (χ2n) is 9.91. The Labute approximate surface area is 192 Å². The number of carbonyl (C=O) groups excluding carboxylic acids is 2. The van der Waals surface area contributed by atoms with Gasteiger partial charge in [0.05, 0.1) is 0 Å². The summed E-state index contributed by atoms with van der Waals surface area (Å²) in [6.45, 7) is 9.84. The van der Waals surface area contributed by atoms with Crippen LogP contribution in [0.4, 0.5) is 0 Å². The van der Waals surface area contributed by atoms with Crippen molar-refractivity contribution < 1.29 is 14.7 Å². The number of hydrogen-bond acceptors (Lipinski definition) is 3. The van der Waals surface area contributed by atoms with Gasteiger partial charge < -0.3 is 14.9 Å². The Balaban J connectivity index is 1.89. The lowest BCUT2D eigenvalue weighted by molar-refractivity contribution is 0.0502. The molecule has 1 aliphatic heterocycles. The summed E-state index contributed by atoms with van der Waals surface area (Å²) >= 11 is 0. The topological polar surface area (TPSA) is 60.9 Å². The predicted octanol–water partition coefficient (Wildman–Crippen LogP) is 4.92. The summed E-state index contributed by atoms with van der Waals surface area (Å²) in [4.78, 5) is 29.8. The molecule has 2 aromatic rings. The molecule has 1 heterocycles. The van der Waals surface area contributed by atoms with E-state index in [1.165, 1.54) is 5.56 Å². The zero-order chi connectivity index (χ0) is 23.5. The fourth-order valence-electron chi connectivity index (χ4n) is 4.59. The van der Waals surface area contributed by atoms with Gasteiger partial charge in [0.25, 0.3) is 11.8 Å². The van der Waals surface area contributed by atoms with Gasteiger partial charge >= 0.3 is 0 Å². The average molecular weight is 437 g/mol. The quantitative estimate of drug-likeness (QED) is 0.740. The fraction of sp³-hybridized carbons (Fsp3) is 0.481. The van der Waals surface area contributed by atoms with E-state index in [1.807, 2.05) is 17.9 Å². The molecule has 5 nitrogen and oxygen atoms in total. The lowest BCUT2D eigenvalue weighted by Crippen LogP contribution is -2.50. The number of aryl methyl sites for hydroxylation is 1. The van der Waals surface area contributed by atoms with Crippen LogP contribution in [-0.2, 0) is 12.8 Å². The third-order valence-electron chi connectivity index (χ3n) is 6.41. The molecule has 32 heavy (non-hydrogen) atoms. The fourth-order valence-corrected chi connectivity index (χ4v) is 4.59. The highest BCUT2D eigenvalue weighted by molar-refractivity contribution is 5.98. The van der Waals surface area contributed by atoms with Gasteiger partial charge in [-0.2, -0.15) is 0 Å². The largest absolute Gasteiger partial charge is 0.508 e. The van der Waals surface area contributed by atoms with Gasteiger partial charge in [-0.25, -0.2) is 0 Å². The molecule has 172 valence electrons. The molecule has 1 aliphatic rings. The number of hydrogen-bond donors (Lipinski definition) is 1. The average Bonchev–Trinajstić information content (AvgIpc) is 2.73. The van der Waals surface area contributed by atoms with E-state index in [0.717, 1.165) is 24.8 Å². The maximum atomic E-state index is 13.6. The van der Waals surface area contributed by atoms with Crippen molar-refractivity contribution in [2.45, 2.75) is 59.4 Å². The minimum atomic E-state index is -0.161. The van der Waals surface area contributed by atoms with Gasteiger partial charge in [0.15, 0.2) is 0 Å². The van der Waals surface area contributed by atoms with E-state index in [4.69, 9.17) is 0 Å². The molecular formula is C27H36N2O3. The number of fused-ring (bicyclic) bond motifs is 1. The summed E-state index contributed by atoms with van der Waals surface area (Å²) in [6, 6.07) is 12.7. The summed E-state index contributed by atoms with van der Waals surface area (Å²) in [5, 5.41) is 10.5. The molecule has 3 rings (SSSR count). The molecule has 0 radical (unpaired) electrons. The lowest BCUT2D eigenvalue weighted by atomic mass is 9.79. The molecule has 1 atom stereocenters.